The summed E-state index contributed by atoms with van der Waals surface area (Å²) in [6.45, 7) is 13.6. The highest BCUT2D eigenvalue weighted by atomic mass is 32.1. The lowest BCUT2D eigenvalue weighted by Crippen LogP contribution is -2.17. The first-order valence-electron chi connectivity index (χ1n) is 7.23. The van der Waals surface area contributed by atoms with Crippen LogP contribution in [0, 0.1) is 6.92 Å². The molecule has 1 unspecified atom stereocenters. The molecule has 0 radical (unpaired) electrons. The Hall–Kier alpha value is -1.09. The Bertz CT molecular complexity index is 488. The summed E-state index contributed by atoms with van der Waals surface area (Å²) in [5, 5.41) is 0. The van der Waals surface area contributed by atoms with Crippen molar-refractivity contribution in [1.82, 2.24) is 0 Å². The second-order valence-corrected chi connectivity index (χ2v) is 7.01. The minimum atomic E-state index is 0.0498. The van der Waals surface area contributed by atoms with Gasteiger partial charge in [0.25, 0.3) is 0 Å². The van der Waals surface area contributed by atoms with Gasteiger partial charge in [-0.25, -0.2) is 0 Å². The summed E-state index contributed by atoms with van der Waals surface area (Å²) in [5.74, 6) is 1.28. The van der Waals surface area contributed by atoms with E-state index in [1.165, 1.54) is 16.7 Å². The van der Waals surface area contributed by atoms with Crippen molar-refractivity contribution in [3.63, 3.8) is 0 Å². The van der Waals surface area contributed by atoms with E-state index >= 15 is 0 Å². The maximum Gasteiger partial charge on any atom is 0.126 e. The van der Waals surface area contributed by atoms with Crippen LogP contribution in [-0.4, -0.2) is 11.6 Å². The lowest BCUT2D eigenvalue weighted by Gasteiger charge is -2.27. The Morgan fingerprint density at radius 3 is 2.40 bits per heavy atom. The summed E-state index contributed by atoms with van der Waals surface area (Å²) >= 11 is 5.06. The highest BCUT2D eigenvalue weighted by Crippen LogP contribution is 2.39. The van der Waals surface area contributed by atoms with Crippen molar-refractivity contribution in [3.8, 4) is 5.75 Å². The van der Waals surface area contributed by atoms with E-state index in [9.17, 15) is 0 Å². The van der Waals surface area contributed by atoms with E-state index in [1.54, 1.807) is 0 Å². The number of rotatable bonds is 5. The number of benzene rings is 1. The average molecular weight is 293 g/mol. The van der Waals surface area contributed by atoms with E-state index in [1.807, 2.05) is 6.92 Å². The summed E-state index contributed by atoms with van der Waals surface area (Å²) in [6.07, 6.45) is 0.711. The largest absolute Gasteiger partial charge is 0.493 e. The van der Waals surface area contributed by atoms with Crippen LogP contribution in [0.15, 0.2) is 12.1 Å². The predicted octanol–water partition coefficient (Wildman–Crippen LogP) is 4.47. The fourth-order valence-corrected chi connectivity index (χ4v) is 2.69. The summed E-state index contributed by atoms with van der Waals surface area (Å²) in [5.41, 5.74) is 9.48. The molecule has 0 aliphatic carbocycles. The Balaban J connectivity index is 3.41. The van der Waals surface area contributed by atoms with Gasteiger partial charge in [0.1, 0.15) is 5.75 Å². The van der Waals surface area contributed by atoms with Gasteiger partial charge in [-0.05, 0) is 30.7 Å². The SMILES string of the molecule is CCOc1c(C(C)CC(N)=S)cc(C)cc1C(C)(C)C. The van der Waals surface area contributed by atoms with Crippen LogP contribution >= 0.6 is 12.2 Å². The molecule has 1 aromatic carbocycles. The third-order valence-electron chi connectivity index (χ3n) is 3.40. The molecular formula is C17H27NOS. The van der Waals surface area contributed by atoms with Crippen LogP contribution in [0.25, 0.3) is 0 Å². The highest BCUT2D eigenvalue weighted by molar-refractivity contribution is 7.80. The maximum atomic E-state index is 5.97. The zero-order valence-electron chi connectivity index (χ0n) is 13.5. The predicted molar refractivity (Wildman–Crippen MR) is 90.9 cm³/mol. The minimum Gasteiger partial charge on any atom is -0.493 e. The van der Waals surface area contributed by atoms with Crippen molar-refractivity contribution in [2.45, 2.75) is 59.3 Å². The Morgan fingerprint density at radius 1 is 1.35 bits per heavy atom. The molecule has 0 amide bonds. The van der Waals surface area contributed by atoms with Crippen molar-refractivity contribution >= 4 is 17.2 Å². The first-order valence-corrected chi connectivity index (χ1v) is 7.63. The van der Waals surface area contributed by atoms with Crippen LogP contribution in [0.2, 0.25) is 0 Å². The molecule has 0 saturated carbocycles. The van der Waals surface area contributed by atoms with Crippen molar-refractivity contribution in [2.24, 2.45) is 5.73 Å². The van der Waals surface area contributed by atoms with Gasteiger partial charge in [0.15, 0.2) is 0 Å². The monoisotopic (exact) mass is 293 g/mol. The molecule has 2 N–H and O–H groups in total. The molecule has 1 rings (SSSR count). The maximum absolute atomic E-state index is 5.97. The van der Waals surface area contributed by atoms with Crippen LogP contribution < -0.4 is 10.5 Å². The zero-order chi connectivity index (χ0) is 15.5. The molecule has 2 nitrogen and oxygen atoms in total. The van der Waals surface area contributed by atoms with E-state index in [0.29, 0.717) is 18.0 Å². The molecule has 3 heteroatoms. The van der Waals surface area contributed by atoms with Crippen LogP contribution in [0.5, 0.6) is 5.75 Å². The Morgan fingerprint density at radius 2 is 1.95 bits per heavy atom. The first kappa shape index (κ1) is 17.0. The second kappa shape index (κ2) is 6.57. The molecule has 112 valence electrons. The molecule has 20 heavy (non-hydrogen) atoms. The number of aryl methyl sites for hydroxylation is 1. The second-order valence-electron chi connectivity index (χ2n) is 6.49. The Labute approximate surface area is 128 Å². The fourth-order valence-electron chi connectivity index (χ4n) is 2.44. The minimum absolute atomic E-state index is 0.0498. The molecule has 0 spiro atoms. The van der Waals surface area contributed by atoms with Gasteiger partial charge in [0, 0.05) is 12.0 Å². The van der Waals surface area contributed by atoms with Crippen molar-refractivity contribution in [3.05, 3.63) is 28.8 Å². The van der Waals surface area contributed by atoms with E-state index < -0.39 is 0 Å². The number of ether oxygens (including phenoxy) is 1. The van der Waals surface area contributed by atoms with E-state index in [4.69, 9.17) is 22.7 Å². The number of nitrogens with two attached hydrogens (primary N) is 1. The standard InChI is InChI=1S/C17H27NOS/c1-7-19-16-13(12(3)10-15(18)20)8-11(2)9-14(16)17(4,5)6/h8-9,12H,7,10H2,1-6H3,(H2,18,20). The van der Waals surface area contributed by atoms with Crippen molar-refractivity contribution < 1.29 is 4.74 Å². The van der Waals surface area contributed by atoms with Gasteiger partial charge in [-0.15, -0.1) is 0 Å². The van der Waals surface area contributed by atoms with Crippen LogP contribution in [0.3, 0.4) is 0 Å². The van der Waals surface area contributed by atoms with E-state index in [-0.39, 0.29) is 11.3 Å². The molecule has 0 fully saturated rings. The van der Waals surface area contributed by atoms with Crippen LogP contribution in [-0.2, 0) is 5.41 Å². The highest BCUT2D eigenvalue weighted by Gasteiger charge is 2.24. The van der Waals surface area contributed by atoms with Crippen LogP contribution in [0.4, 0.5) is 0 Å². The lowest BCUT2D eigenvalue weighted by molar-refractivity contribution is 0.324. The van der Waals surface area contributed by atoms with Gasteiger partial charge >= 0.3 is 0 Å². The molecule has 1 atom stereocenters. The smallest absolute Gasteiger partial charge is 0.126 e. The molecule has 0 aromatic heterocycles. The van der Waals surface area contributed by atoms with Gasteiger partial charge in [0.05, 0.1) is 11.6 Å². The summed E-state index contributed by atoms with van der Waals surface area (Å²) in [4.78, 5) is 0.554. The third kappa shape index (κ3) is 4.20. The molecule has 0 aliphatic heterocycles. The van der Waals surface area contributed by atoms with Gasteiger partial charge in [-0.1, -0.05) is 57.6 Å². The van der Waals surface area contributed by atoms with Crippen molar-refractivity contribution in [2.75, 3.05) is 6.61 Å². The number of hydrogen-bond donors (Lipinski definition) is 1. The Kier molecular flexibility index (Phi) is 5.58. The van der Waals surface area contributed by atoms with Crippen molar-refractivity contribution in [1.29, 1.82) is 0 Å². The van der Waals surface area contributed by atoms with Crippen LogP contribution in [0.1, 0.15) is 63.6 Å². The summed E-state index contributed by atoms with van der Waals surface area (Å²) in [7, 11) is 0. The molecule has 0 aliphatic rings. The van der Waals surface area contributed by atoms with Gasteiger partial charge in [-0.3, -0.25) is 0 Å². The van der Waals surface area contributed by atoms with Gasteiger partial charge < -0.3 is 10.5 Å². The van der Waals surface area contributed by atoms with E-state index in [2.05, 4.69) is 46.8 Å². The summed E-state index contributed by atoms with van der Waals surface area (Å²) < 4.78 is 5.97. The van der Waals surface area contributed by atoms with Gasteiger partial charge in [0.2, 0.25) is 0 Å². The molecule has 0 bridgehead atoms. The van der Waals surface area contributed by atoms with E-state index in [0.717, 1.165) is 5.75 Å². The average Bonchev–Trinajstić information content (AvgIpc) is 2.28. The molecule has 0 saturated heterocycles. The molecular weight excluding hydrogens is 266 g/mol. The van der Waals surface area contributed by atoms with Gasteiger partial charge in [-0.2, -0.15) is 0 Å². The topological polar surface area (TPSA) is 35.2 Å². The quantitative estimate of drug-likeness (QED) is 0.813. The third-order valence-corrected chi connectivity index (χ3v) is 3.56. The first-order chi connectivity index (χ1) is 9.16. The molecule has 1 aromatic rings. The lowest BCUT2D eigenvalue weighted by atomic mass is 9.82. The molecule has 0 heterocycles. The summed E-state index contributed by atoms with van der Waals surface area (Å²) in [6, 6.07) is 4.42. The number of hydrogen-bond acceptors (Lipinski definition) is 2. The zero-order valence-corrected chi connectivity index (χ0v) is 14.4. The number of thiocarbonyl (C=S) groups is 1. The fraction of sp³-hybridized carbons (Fsp3) is 0.588. The normalized spacial score (nSPS) is 13.1.